The molecule has 0 atom stereocenters. The molecular weight excluding hydrogens is 128 g/mol. The summed E-state index contributed by atoms with van der Waals surface area (Å²) in [5, 5.41) is 0. The van der Waals surface area contributed by atoms with Crippen LogP contribution in [0.15, 0.2) is 36.2 Å². The minimum atomic E-state index is 0.442. The molecule has 0 aromatic carbocycles. The Kier molecular flexibility index (Phi) is 1.84. The maximum absolute atomic E-state index is 5.42. The molecule has 10 heavy (non-hydrogen) atoms. The number of nitrogen functional groups attached to an aromatic ring is 1. The van der Waals surface area contributed by atoms with E-state index in [0.717, 1.165) is 0 Å². The summed E-state index contributed by atoms with van der Waals surface area (Å²) in [4.78, 5) is 7.66. The van der Waals surface area contributed by atoms with Gasteiger partial charge in [-0.3, -0.25) is 0 Å². The van der Waals surface area contributed by atoms with Crippen LogP contribution in [-0.4, -0.2) is 9.66 Å². The average molecular weight is 136 g/mol. The molecule has 0 saturated heterocycles. The Labute approximate surface area is 58.3 Å². The number of hydrogen-bond donors (Lipinski definition) is 1. The van der Waals surface area contributed by atoms with E-state index in [9.17, 15) is 0 Å². The standard InChI is InChI=1S/C6H8N4/c1-2-8-6-9-4-3-5-10(6)7/h2-5H,1,7H2. The van der Waals surface area contributed by atoms with E-state index >= 15 is 0 Å². The molecule has 0 fully saturated rings. The molecule has 1 rings (SSSR count). The summed E-state index contributed by atoms with van der Waals surface area (Å²) in [6, 6.07) is 1.72. The van der Waals surface area contributed by atoms with Crippen LogP contribution < -0.4 is 11.5 Å². The summed E-state index contributed by atoms with van der Waals surface area (Å²) in [5.41, 5.74) is 0.442. The summed E-state index contributed by atoms with van der Waals surface area (Å²) < 4.78 is 1.32. The fraction of sp³-hybridized carbons (Fsp3) is 0. The van der Waals surface area contributed by atoms with E-state index in [4.69, 9.17) is 5.84 Å². The zero-order valence-electron chi connectivity index (χ0n) is 5.44. The second-order valence-electron chi connectivity index (χ2n) is 1.64. The van der Waals surface area contributed by atoms with E-state index in [1.54, 1.807) is 18.5 Å². The third-order valence-electron chi connectivity index (χ3n) is 0.960. The first-order valence-electron chi connectivity index (χ1n) is 2.78. The van der Waals surface area contributed by atoms with Crippen LogP contribution in [-0.2, 0) is 0 Å². The Morgan fingerprint density at radius 1 is 1.80 bits per heavy atom. The van der Waals surface area contributed by atoms with E-state index in [1.807, 2.05) is 0 Å². The highest BCUT2D eigenvalue weighted by atomic mass is 15.3. The summed E-state index contributed by atoms with van der Waals surface area (Å²) >= 11 is 0. The molecule has 52 valence electrons. The first-order valence-corrected chi connectivity index (χ1v) is 2.78. The van der Waals surface area contributed by atoms with E-state index in [2.05, 4.69) is 16.6 Å². The molecule has 4 nitrogen and oxygen atoms in total. The lowest BCUT2D eigenvalue weighted by atomic mass is 10.7. The monoisotopic (exact) mass is 136 g/mol. The van der Waals surface area contributed by atoms with Crippen molar-refractivity contribution in [3.63, 3.8) is 0 Å². The number of nitrogens with zero attached hydrogens (tertiary/aromatic N) is 3. The third kappa shape index (κ3) is 1.22. The van der Waals surface area contributed by atoms with Gasteiger partial charge in [-0.1, -0.05) is 6.58 Å². The number of rotatable bonds is 1. The Balaban J connectivity index is 3.28. The maximum atomic E-state index is 5.42. The molecule has 0 amide bonds. The third-order valence-corrected chi connectivity index (χ3v) is 0.960. The van der Waals surface area contributed by atoms with Gasteiger partial charge in [-0.05, 0) is 6.07 Å². The Hall–Kier alpha value is -1.58. The van der Waals surface area contributed by atoms with Crippen LogP contribution in [0, 0.1) is 0 Å². The minimum Gasteiger partial charge on any atom is -0.337 e. The molecule has 0 aliphatic carbocycles. The van der Waals surface area contributed by atoms with Gasteiger partial charge in [0, 0.05) is 18.6 Å². The zero-order chi connectivity index (χ0) is 7.40. The molecule has 1 heterocycles. The van der Waals surface area contributed by atoms with Gasteiger partial charge in [0.05, 0.1) is 0 Å². The lowest BCUT2D eigenvalue weighted by Gasteiger charge is -1.93. The van der Waals surface area contributed by atoms with Crippen LogP contribution in [0.2, 0.25) is 0 Å². The molecule has 0 bridgehead atoms. The molecule has 0 spiro atoms. The van der Waals surface area contributed by atoms with E-state index in [1.165, 1.54) is 10.9 Å². The van der Waals surface area contributed by atoms with Crippen molar-refractivity contribution in [2.24, 2.45) is 4.99 Å². The van der Waals surface area contributed by atoms with Gasteiger partial charge in [0.15, 0.2) is 0 Å². The summed E-state index contributed by atoms with van der Waals surface area (Å²) in [6.45, 7) is 3.42. The highest BCUT2D eigenvalue weighted by Gasteiger charge is 1.81. The van der Waals surface area contributed by atoms with Crippen LogP contribution in [0.1, 0.15) is 0 Å². The highest BCUT2D eigenvalue weighted by Crippen LogP contribution is 1.69. The van der Waals surface area contributed by atoms with Gasteiger partial charge in [0.1, 0.15) is 0 Å². The van der Waals surface area contributed by atoms with Crippen molar-refractivity contribution in [1.29, 1.82) is 0 Å². The number of aromatic nitrogens is 2. The van der Waals surface area contributed by atoms with Crippen molar-refractivity contribution >= 4 is 0 Å². The topological polar surface area (TPSA) is 56.2 Å². The van der Waals surface area contributed by atoms with Crippen LogP contribution in [0.25, 0.3) is 0 Å². The molecule has 1 aromatic heterocycles. The van der Waals surface area contributed by atoms with E-state index in [0.29, 0.717) is 5.62 Å². The smallest absolute Gasteiger partial charge is 0.248 e. The van der Waals surface area contributed by atoms with Crippen molar-refractivity contribution in [2.45, 2.75) is 0 Å². The van der Waals surface area contributed by atoms with Gasteiger partial charge < -0.3 is 5.84 Å². The molecule has 4 heteroatoms. The Morgan fingerprint density at radius 2 is 2.60 bits per heavy atom. The Morgan fingerprint density at radius 3 is 3.20 bits per heavy atom. The predicted molar refractivity (Wildman–Crippen MR) is 38.1 cm³/mol. The molecule has 0 unspecified atom stereocenters. The number of hydrogen-bond acceptors (Lipinski definition) is 3. The van der Waals surface area contributed by atoms with Gasteiger partial charge in [-0.2, -0.15) is 0 Å². The first-order chi connectivity index (χ1) is 4.84. The van der Waals surface area contributed by atoms with Gasteiger partial charge in [0.25, 0.3) is 0 Å². The quantitative estimate of drug-likeness (QED) is 0.536. The zero-order valence-corrected chi connectivity index (χ0v) is 5.44. The van der Waals surface area contributed by atoms with Gasteiger partial charge in [-0.15, -0.1) is 0 Å². The van der Waals surface area contributed by atoms with Crippen LogP contribution in [0.4, 0.5) is 0 Å². The molecular formula is C6H8N4. The fourth-order valence-corrected chi connectivity index (χ4v) is 0.556. The average Bonchev–Trinajstić information content (AvgIpc) is 1.94. The minimum absolute atomic E-state index is 0.442. The number of nitrogens with two attached hydrogens (primary N) is 1. The lowest BCUT2D eigenvalue weighted by molar-refractivity contribution is 0.835. The van der Waals surface area contributed by atoms with Gasteiger partial charge in [0.2, 0.25) is 5.62 Å². The van der Waals surface area contributed by atoms with Crippen molar-refractivity contribution in [2.75, 3.05) is 5.84 Å². The van der Waals surface area contributed by atoms with E-state index < -0.39 is 0 Å². The summed E-state index contributed by atoms with van der Waals surface area (Å²) in [6.07, 6.45) is 4.67. The molecule has 0 aliphatic heterocycles. The molecule has 0 saturated carbocycles. The highest BCUT2D eigenvalue weighted by molar-refractivity contribution is 4.81. The van der Waals surface area contributed by atoms with Crippen molar-refractivity contribution in [3.05, 3.63) is 36.9 Å². The maximum Gasteiger partial charge on any atom is 0.248 e. The second kappa shape index (κ2) is 2.82. The van der Waals surface area contributed by atoms with Crippen LogP contribution in [0.3, 0.4) is 0 Å². The SMILES string of the molecule is C=CN=c1ncccn1N. The molecule has 0 aliphatic rings. The fourth-order valence-electron chi connectivity index (χ4n) is 0.556. The molecule has 2 N–H and O–H groups in total. The Bertz CT molecular complexity index is 286. The van der Waals surface area contributed by atoms with Gasteiger partial charge >= 0.3 is 0 Å². The van der Waals surface area contributed by atoms with Crippen LogP contribution in [0.5, 0.6) is 0 Å². The van der Waals surface area contributed by atoms with Crippen LogP contribution >= 0.6 is 0 Å². The molecule has 1 aromatic rings. The lowest BCUT2D eigenvalue weighted by Crippen LogP contribution is -2.29. The second-order valence-corrected chi connectivity index (χ2v) is 1.64. The van der Waals surface area contributed by atoms with Crippen molar-refractivity contribution in [3.8, 4) is 0 Å². The largest absolute Gasteiger partial charge is 0.337 e. The normalized spacial score (nSPS) is 11.4. The predicted octanol–water partition coefficient (Wildman–Crippen LogP) is -0.359. The summed E-state index contributed by atoms with van der Waals surface area (Å²) in [5.74, 6) is 5.42. The first kappa shape index (κ1) is 6.54. The van der Waals surface area contributed by atoms with Gasteiger partial charge in [-0.25, -0.2) is 14.7 Å². The van der Waals surface area contributed by atoms with E-state index in [-0.39, 0.29) is 0 Å². The summed E-state index contributed by atoms with van der Waals surface area (Å²) in [7, 11) is 0. The molecule has 0 radical (unpaired) electrons. The van der Waals surface area contributed by atoms with Crippen molar-refractivity contribution in [1.82, 2.24) is 9.66 Å². The van der Waals surface area contributed by atoms with Crippen molar-refractivity contribution < 1.29 is 0 Å².